The summed E-state index contributed by atoms with van der Waals surface area (Å²) in [5.74, 6) is 0.730. The first-order valence-electron chi connectivity index (χ1n) is 7.24. The minimum Gasteiger partial charge on any atom is -0.207 e. The zero-order chi connectivity index (χ0) is 12.8. The summed E-state index contributed by atoms with van der Waals surface area (Å²) < 4.78 is 12.9. The summed E-state index contributed by atoms with van der Waals surface area (Å²) in [5, 5.41) is 0. The predicted octanol–water partition coefficient (Wildman–Crippen LogP) is 5.59. The number of halogens is 1. The van der Waals surface area contributed by atoms with Crippen molar-refractivity contribution in [2.24, 2.45) is 5.92 Å². The maximum absolute atomic E-state index is 12.9. The predicted molar refractivity (Wildman–Crippen MR) is 75.9 cm³/mol. The molecular weight excluding hydrogens is 223 g/mol. The maximum atomic E-state index is 12.9. The van der Waals surface area contributed by atoms with E-state index in [0.717, 1.165) is 12.3 Å². The van der Waals surface area contributed by atoms with Crippen molar-refractivity contribution in [1.29, 1.82) is 0 Å². The Bertz CT molecular complexity index is 389. The van der Waals surface area contributed by atoms with Gasteiger partial charge in [0.15, 0.2) is 0 Å². The van der Waals surface area contributed by atoms with E-state index >= 15 is 0 Å². The molecule has 0 spiro atoms. The van der Waals surface area contributed by atoms with Crippen LogP contribution in [0.15, 0.2) is 30.3 Å². The fourth-order valence-corrected chi connectivity index (χ4v) is 2.76. The van der Waals surface area contributed by atoms with Gasteiger partial charge in [-0.25, -0.2) is 4.39 Å². The van der Waals surface area contributed by atoms with Gasteiger partial charge in [0.05, 0.1) is 0 Å². The standard InChI is InChI=1S/C17H23F/c1-2-3-4-5-14-6-8-15(9-7-14)16-10-12-17(18)13-11-16/h8,10-14H,2-7,9H2,1H3. The molecule has 0 saturated heterocycles. The third kappa shape index (κ3) is 3.69. The van der Waals surface area contributed by atoms with E-state index in [1.807, 2.05) is 12.1 Å². The summed E-state index contributed by atoms with van der Waals surface area (Å²) in [6.07, 6.45) is 11.5. The van der Waals surface area contributed by atoms with Crippen LogP contribution in [0.4, 0.5) is 4.39 Å². The van der Waals surface area contributed by atoms with Gasteiger partial charge in [-0.05, 0) is 48.4 Å². The van der Waals surface area contributed by atoms with Crippen LogP contribution in [0, 0.1) is 11.7 Å². The van der Waals surface area contributed by atoms with Crippen LogP contribution in [0.5, 0.6) is 0 Å². The van der Waals surface area contributed by atoms with Gasteiger partial charge in [0.2, 0.25) is 0 Å². The molecule has 1 heteroatoms. The van der Waals surface area contributed by atoms with Crippen molar-refractivity contribution >= 4 is 5.57 Å². The Labute approximate surface area is 110 Å². The van der Waals surface area contributed by atoms with E-state index in [1.165, 1.54) is 49.7 Å². The van der Waals surface area contributed by atoms with E-state index in [4.69, 9.17) is 0 Å². The number of hydrogen-bond acceptors (Lipinski definition) is 0. The first-order chi connectivity index (χ1) is 8.79. The van der Waals surface area contributed by atoms with Crippen LogP contribution in [-0.2, 0) is 0 Å². The SMILES string of the molecule is CCCCCC1CC=C(c2ccc(F)cc2)CC1. The number of unbranched alkanes of at least 4 members (excludes halogenated alkanes) is 2. The molecule has 98 valence electrons. The van der Waals surface area contributed by atoms with Crippen molar-refractivity contribution in [3.05, 3.63) is 41.7 Å². The molecule has 18 heavy (non-hydrogen) atoms. The van der Waals surface area contributed by atoms with Gasteiger partial charge in [0.1, 0.15) is 5.82 Å². The van der Waals surface area contributed by atoms with Crippen molar-refractivity contribution in [2.75, 3.05) is 0 Å². The highest BCUT2D eigenvalue weighted by atomic mass is 19.1. The number of allylic oxidation sites excluding steroid dienone is 2. The molecule has 0 saturated carbocycles. The average Bonchev–Trinajstić information content (AvgIpc) is 2.41. The van der Waals surface area contributed by atoms with Crippen LogP contribution in [-0.4, -0.2) is 0 Å². The van der Waals surface area contributed by atoms with Gasteiger partial charge in [-0.15, -0.1) is 0 Å². The van der Waals surface area contributed by atoms with Gasteiger partial charge in [-0.1, -0.05) is 50.8 Å². The largest absolute Gasteiger partial charge is 0.207 e. The van der Waals surface area contributed by atoms with Crippen LogP contribution in [0.3, 0.4) is 0 Å². The first kappa shape index (κ1) is 13.3. The fraction of sp³-hybridized carbons (Fsp3) is 0.529. The van der Waals surface area contributed by atoms with E-state index in [0.29, 0.717) is 0 Å². The molecule has 0 bridgehead atoms. The molecular formula is C17H23F. The van der Waals surface area contributed by atoms with Gasteiger partial charge < -0.3 is 0 Å². The zero-order valence-corrected chi connectivity index (χ0v) is 11.3. The highest BCUT2D eigenvalue weighted by Crippen LogP contribution is 2.32. The summed E-state index contributed by atoms with van der Waals surface area (Å²) in [7, 11) is 0. The van der Waals surface area contributed by atoms with Crippen LogP contribution < -0.4 is 0 Å². The summed E-state index contributed by atoms with van der Waals surface area (Å²) in [4.78, 5) is 0. The summed E-state index contributed by atoms with van der Waals surface area (Å²) in [5.41, 5.74) is 2.60. The lowest BCUT2D eigenvalue weighted by Crippen LogP contribution is -2.05. The summed E-state index contributed by atoms with van der Waals surface area (Å²) in [6.45, 7) is 2.26. The normalized spacial score (nSPS) is 19.7. The van der Waals surface area contributed by atoms with Crippen LogP contribution >= 0.6 is 0 Å². The van der Waals surface area contributed by atoms with Gasteiger partial charge in [-0.2, -0.15) is 0 Å². The minimum atomic E-state index is -0.146. The average molecular weight is 246 g/mol. The number of hydrogen-bond donors (Lipinski definition) is 0. The third-order valence-corrected chi connectivity index (χ3v) is 3.95. The van der Waals surface area contributed by atoms with E-state index < -0.39 is 0 Å². The number of rotatable bonds is 5. The van der Waals surface area contributed by atoms with Crippen molar-refractivity contribution in [2.45, 2.75) is 51.9 Å². The Morgan fingerprint density at radius 3 is 2.56 bits per heavy atom. The minimum absolute atomic E-state index is 0.146. The molecule has 0 radical (unpaired) electrons. The van der Waals surface area contributed by atoms with Crippen molar-refractivity contribution in [1.82, 2.24) is 0 Å². The Kier molecular flexibility index (Phi) is 4.98. The molecule has 1 atom stereocenters. The number of benzene rings is 1. The lowest BCUT2D eigenvalue weighted by molar-refractivity contribution is 0.428. The van der Waals surface area contributed by atoms with E-state index in [9.17, 15) is 4.39 Å². The highest BCUT2D eigenvalue weighted by Gasteiger charge is 2.14. The molecule has 0 nitrogen and oxygen atoms in total. The molecule has 1 aliphatic carbocycles. The van der Waals surface area contributed by atoms with Crippen LogP contribution in [0.25, 0.3) is 5.57 Å². The Hall–Kier alpha value is -1.11. The van der Waals surface area contributed by atoms with Crippen molar-refractivity contribution in [3.63, 3.8) is 0 Å². The Balaban J connectivity index is 1.88. The second kappa shape index (κ2) is 6.72. The Morgan fingerprint density at radius 2 is 1.94 bits per heavy atom. The topological polar surface area (TPSA) is 0 Å². The van der Waals surface area contributed by atoms with E-state index in [2.05, 4.69) is 13.0 Å². The fourth-order valence-electron chi connectivity index (χ4n) is 2.76. The molecule has 0 heterocycles. The van der Waals surface area contributed by atoms with Gasteiger partial charge in [0.25, 0.3) is 0 Å². The molecule has 0 N–H and O–H groups in total. The van der Waals surface area contributed by atoms with Crippen molar-refractivity contribution < 1.29 is 4.39 Å². The molecule has 2 rings (SSSR count). The molecule has 0 amide bonds. The van der Waals surface area contributed by atoms with E-state index in [1.54, 1.807) is 12.1 Å². The van der Waals surface area contributed by atoms with Crippen molar-refractivity contribution in [3.8, 4) is 0 Å². The van der Waals surface area contributed by atoms with Crippen LogP contribution in [0.2, 0.25) is 0 Å². The third-order valence-electron chi connectivity index (χ3n) is 3.95. The monoisotopic (exact) mass is 246 g/mol. The lowest BCUT2D eigenvalue weighted by atomic mass is 9.84. The zero-order valence-electron chi connectivity index (χ0n) is 11.3. The van der Waals surface area contributed by atoms with Crippen LogP contribution in [0.1, 0.15) is 57.4 Å². The second-order valence-electron chi connectivity index (χ2n) is 5.37. The van der Waals surface area contributed by atoms with Gasteiger partial charge in [-0.3, -0.25) is 0 Å². The molecule has 1 unspecified atom stereocenters. The van der Waals surface area contributed by atoms with E-state index in [-0.39, 0.29) is 5.82 Å². The molecule has 1 aliphatic rings. The molecule has 1 aromatic rings. The smallest absolute Gasteiger partial charge is 0.123 e. The first-order valence-corrected chi connectivity index (χ1v) is 7.24. The molecule has 1 aromatic carbocycles. The van der Waals surface area contributed by atoms with Gasteiger partial charge >= 0.3 is 0 Å². The second-order valence-corrected chi connectivity index (χ2v) is 5.37. The molecule has 0 fully saturated rings. The molecule has 0 aliphatic heterocycles. The quantitative estimate of drug-likeness (QED) is 0.594. The molecule has 0 aromatic heterocycles. The summed E-state index contributed by atoms with van der Waals surface area (Å²) in [6, 6.07) is 6.92. The van der Waals surface area contributed by atoms with Gasteiger partial charge in [0, 0.05) is 0 Å². The lowest BCUT2D eigenvalue weighted by Gasteiger charge is -2.22. The summed E-state index contributed by atoms with van der Waals surface area (Å²) >= 11 is 0. The Morgan fingerprint density at radius 1 is 1.17 bits per heavy atom. The highest BCUT2D eigenvalue weighted by molar-refractivity contribution is 5.66. The maximum Gasteiger partial charge on any atom is 0.123 e.